The zero-order valence-electron chi connectivity index (χ0n) is 15.2. The van der Waals surface area contributed by atoms with Gasteiger partial charge in [0.15, 0.2) is 0 Å². The van der Waals surface area contributed by atoms with Gasteiger partial charge in [-0.05, 0) is 40.3 Å². The third-order valence-corrected chi connectivity index (χ3v) is 4.67. The zero-order chi connectivity index (χ0) is 19.3. The highest BCUT2D eigenvalue weighted by molar-refractivity contribution is 5.79. The van der Waals surface area contributed by atoms with Crippen molar-refractivity contribution < 1.29 is 9.53 Å². The van der Waals surface area contributed by atoms with Crippen LogP contribution in [0.3, 0.4) is 0 Å². The quantitative estimate of drug-likeness (QED) is 0.692. The number of carbonyl (C=O) groups is 1. The summed E-state index contributed by atoms with van der Waals surface area (Å²) in [6.07, 6.45) is 1.06. The van der Waals surface area contributed by atoms with E-state index in [1.165, 1.54) is 22.3 Å². The fraction of sp³-hybridized carbons (Fsp3) is 0.130. The number of alkyl carbamates (subject to hydrolysis) is 1. The van der Waals surface area contributed by atoms with Gasteiger partial charge in [0.05, 0.1) is 18.4 Å². The summed E-state index contributed by atoms with van der Waals surface area (Å²) in [5, 5.41) is 2.65. The Labute approximate surface area is 163 Å². The predicted molar refractivity (Wildman–Crippen MR) is 109 cm³/mol. The summed E-state index contributed by atoms with van der Waals surface area (Å²) in [4.78, 5) is 16.1. The van der Waals surface area contributed by atoms with E-state index < -0.39 is 6.09 Å². The van der Waals surface area contributed by atoms with Crippen LogP contribution in [0.15, 0.2) is 66.9 Å². The van der Waals surface area contributed by atoms with Crippen molar-refractivity contribution >= 4 is 11.8 Å². The normalized spacial score (nSPS) is 11.7. The smallest absolute Gasteiger partial charge is 0.407 e. The van der Waals surface area contributed by atoms with Crippen molar-refractivity contribution in [1.82, 2.24) is 10.3 Å². The van der Waals surface area contributed by atoms with Crippen LogP contribution in [-0.2, 0) is 4.74 Å². The molecule has 5 nitrogen and oxygen atoms in total. The summed E-state index contributed by atoms with van der Waals surface area (Å²) in [5.74, 6) is 5.75. The molecule has 0 spiro atoms. The Balaban J connectivity index is 1.35. The fourth-order valence-corrected chi connectivity index (χ4v) is 3.38. The molecule has 4 rings (SSSR count). The number of nitrogens with zero attached hydrogens (tertiary/aromatic N) is 1. The Morgan fingerprint density at radius 2 is 1.71 bits per heavy atom. The number of nitrogens with two attached hydrogens (primary N) is 1. The van der Waals surface area contributed by atoms with Crippen molar-refractivity contribution in [3.05, 3.63) is 83.7 Å². The fourth-order valence-electron chi connectivity index (χ4n) is 3.38. The van der Waals surface area contributed by atoms with Crippen molar-refractivity contribution in [2.75, 3.05) is 18.9 Å². The molecule has 1 amide bonds. The molecule has 5 heteroatoms. The molecule has 0 fully saturated rings. The molecule has 0 saturated heterocycles. The maximum Gasteiger partial charge on any atom is 0.407 e. The molecule has 3 N–H and O–H groups in total. The van der Waals surface area contributed by atoms with Gasteiger partial charge < -0.3 is 15.8 Å². The van der Waals surface area contributed by atoms with Crippen LogP contribution in [0.25, 0.3) is 11.1 Å². The number of anilines is 1. The van der Waals surface area contributed by atoms with Crippen molar-refractivity contribution in [2.45, 2.75) is 5.92 Å². The van der Waals surface area contributed by atoms with Gasteiger partial charge in [-0.3, -0.25) is 0 Å². The molecule has 0 unspecified atom stereocenters. The van der Waals surface area contributed by atoms with Gasteiger partial charge in [-0.15, -0.1) is 0 Å². The van der Waals surface area contributed by atoms with Crippen molar-refractivity contribution in [2.24, 2.45) is 0 Å². The molecule has 0 atom stereocenters. The number of ether oxygens (including phenoxy) is 1. The number of hydrogen-bond acceptors (Lipinski definition) is 4. The number of amides is 1. The summed E-state index contributed by atoms with van der Waals surface area (Å²) in [7, 11) is 0. The molecule has 1 aromatic heterocycles. The summed E-state index contributed by atoms with van der Waals surface area (Å²) in [6.45, 7) is 0.468. The van der Waals surface area contributed by atoms with Gasteiger partial charge in [-0.1, -0.05) is 54.5 Å². The molecule has 1 aliphatic rings. The molecular weight excluding hydrogens is 350 g/mol. The lowest BCUT2D eigenvalue weighted by Crippen LogP contribution is -2.26. The number of hydrogen-bond donors (Lipinski definition) is 2. The van der Waals surface area contributed by atoms with E-state index >= 15 is 0 Å². The first-order chi connectivity index (χ1) is 13.7. The first-order valence-corrected chi connectivity index (χ1v) is 9.01. The van der Waals surface area contributed by atoms with Crippen LogP contribution in [0.1, 0.15) is 22.7 Å². The molecule has 1 aliphatic carbocycles. The van der Waals surface area contributed by atoms with Crippen LogP contribution in [0.4, 0.5) is 10.5 Å². The second-order valence-electron chi connectivity index (χ2n) is 6.46. The molecular formula is C23H19N3O2. The highest BCUT2D eigenvalue weighted by Crippen LogP contribution is 2.44. The first-order valence-electron chi connectivity index (χ1n) is 9.01. The van der Waals surface area contributed by atoms with Gasteiger partial charge >= 0.3 is 6.09 Å². The minimum atomic E-state index is -0.485. The van der Waals surface area contributed by atoms with Crippen LogP contribution < -0.4 is 11.1 Å². The summed E-state index contributed by atoms with van der Waals surface area (Å²) < 4.78 is 5.46. The Bertz CT molecular complexity index is 1020. The van der Waals surface area contributed by atoms with Crippen LogP contribution in [0.5, 0.6) is 0 Å². The minimum Gasteiger partial charge on any atom is -0.449 e. The lowest BCUT2D eigenvalue weighted by Gasteiger charge is -2.14. The molecule has 2 aromatic carbocycles. The van der Waals surface area contributed by atoms with E-state index in [9.17, 15) is 4.79 Å². The number of nitrogens with one attached hydrogen (secondary N) is 1. The van der Waals surface area contributed by atoms with E-state index in [2.05, 4.69) is 46.4 Å². The lowest BCUT2D eigenvalue weighted by atomic mass is 9.98. The summed E-state index contributed by atoms with van der Waals surface area (Å²) in [5.41, 5.74) is 11.5. The van der Waals surface area contributed by atoms with E-state index in [-0.39, 0.29) is 19.1 Å². The molecule has 1 heterocycles. The molecule has 28 heavy (non-hydrogen) atoms. The third kappa shape index (κ3) is 3.67. The molecule has 0 bridgehead atoms. The average molecular weight is 369 g/mol. The number of carbonyl (C=O) groups excluding carboxylic acids is 1. The number of benzene rings is 2. The van der Waals surface area contributed by atoms with Gasteiger partial charge in [0.1, 0.15) is 12.3 Å². The Morgan fingerprint density at radius 1 is 1.04 bits per heavy atom. The van der Waals surface area contributed by atoms with Crippen molar-refractivity contribution in [3.8, 4) is 23.0 Å². The standard InChI is InChI=1S/C23H19N3O2/c24-16-11-12-17(26-14-16)6-5-13-25-23(27)28-15-22-20-9-3-1-7-18(20)19-8-2-4-10-21(19)22/h1-4,7-12,14,22H,13,15,24H2,(H,25,27). The Kier molecular flexibility index (Phi) is 4.94. The second-order valence-corrected chi connectivity index (χ2v) is 6.46. The van der Waals surface area contributed by atoms with Crippen LogP contribution >= 0.6 is 0 Å². The van der Waals surface area contributed by atoms with E-state index in [1.807, 2.05) is 24.3 Å². The van der Waals surface area contributed by atoms with Gasteiger partial charge in [0, 0.05) is 5.92 Å². The number of fused-ring (bicyclic) bond motifs is 3. The van der Waals surface area contributed by atoms with Crippen LogP contribution in [0.2, 0.25) is 0 Å². The zero-order valence-corrected chi connectivity index (χ0v) is 15.2. The van der Waals surface area contributed by atoms with E-state index in [4.69, 9.17) is 10.5 Å². The molecule has 138 valence electrons. The first kappa shape index (κ1) is 17.6. The molecule has 3 aromatic rings. The van der Waals surface area contributed by atoms with Crippen LogP contribution in [-0.4, -0.2) is 24.2 Å². The average Bonchev–Trinajstić information content (AvgIpc) is 3.05. The lowest BCUT2D eigenvalue weighted by molar-refractivity contribution is 0.144. The largest absolute Gasteiger partial charge is 0.449 e. The third-order valence-electron chi connectivity index (χ3n) is 4.67. The SMILES string of the molecule is Nc1ccc(C#CCNC(=O)OCC2c3ccccc3-c3ccccc32)nc1. The second kappa shape index (κ2) is 7.85. The maximum atomic E-state index is 12.0. The van der Waals surface area contributed by atoms with E-state index in [0.29, 0.717) is 11.4 Å². The van der Waals surface area contributed by atoms with Crippen molar-refractivity contribution in [1.29, 1.82) is 0 Å². The molecule has 0 saturated carbocycles. The van der Waals surface area contributed by atoms with Crippen LogP contribution in [0, 0.1) is 11.8 Å². The Hall–Kier alpha value is -3.78. The van der Waals surface area contributed by atoms with Crippen molar-refractivity contribution in [3.63, 3.8) is 0 Å². The molecule has 0 radical (unpaired) electrons. The maximum absolute atomic E-state index is 12.0. The Morgan fingerprint density at radius 3 is 2.36 bits per heavy atom. The topological polar surface area (TPSA) is 77.2 Å². The number of nitrogen functional groups attached to an aromatic ring is 1. The summed E-state index contributed by atoms with van der Waals surface area (Å²) >= 11 is 0. The van der Waals surface area contributed by atoms with Gasteiger partial charge in [-0.25, -0.2) is 9.78 Å². The van der Waals surface area contributed by atoms with E-state index in [0.717, 1.165) is 0 Å². The number of rotatable bonds is 3. The number of aromatic nitrogens is 1. The highest BCUT2D eigenvalue weighted by Gasteiger charge is 2.28. The van der Waals surface area contributed by atoms with E-state index in [1.54, 1.807) is 18.3 Å². The number of pyridine rings is 1. The van der Waals surface area contributed by atoms with Gasteiger partial charge in [0.25, 0.3) is 0 Å². The predicted octanol–water partition coefficient (Wildman–Crippen LogP) is 3.55. The highest BCUT2D eigenvalue weighted by atomic mass is 16.5. The van der Waals surface area contributed by atoms with Gasteiger partial charge in [-0.2, -0.15) is 0 Å². The minimum absolute atomic E-state index is 0.0446. The molecule has 0 aliphatic heterocycles. The summed E-state index contributed by atoms with van der Waals surface area (Å²) in [6, 6.07) is 19.9. The monoisotopic (exact) mass is 369 g/mol. The van der Waals surface area contributed by atoms with Gasteiger partial charge in [0.2, 0.25) is 0 Å².